The third-order valence-electron chi connectivity index (χ3n) is 5.20. The minimum absolute atomic E-state index is 0.169. The molecule has 0 spiro atoms. The minimum Gasteiger partial charge on any atom is -0.496 e. The number of nitrogens with zero attached hydrogens (tertiary/aromatic N) is 3. The van der Waals surface area contributed by atoms with Gasteiger partial charge in [0.2, 0.25) is 0 Å². The highest BCUT2D eigenvalue weighted by atomic mass is 16.5. The first-order valence-corrected chi connectivity index (χ1v) is 9.25. The highest BCUT2D eigenvalue weighted by Crippen LogP contribution is 2.29. The molecule has 2 heterocycles. The monoisotopic (exact) mass is 373 g/mol. The normalized spacial score (nSPS) is 16.9. The smallest absolute Gasteiger partial charge is 0.276 e. The van der Waals surface area contributed by atoms with Gasteiger partial charge < -0.3 is 19.3 Å². The van der Waals surface area contributed by atoms with Gasteiger partial charge in [0.25, 0.3) is 5.91 Å². The Morgan fingerprint density at radius 1 is 1.41 bits per heavy atom. The van der Waals surface area contributed by atoms with Crippen molar-refractivity contribution >= 4 is 5.91 Å². The topological polar surface area (TPSA) is 79.0 Å². The molecule has 2 aromatic rings. The maximum atomic E-state index is 12.8. The van der Waals surface area contributed by atoms with Gasteiger partial charge in [0.15, 0.2) is 11.5 Å². The van der Waals surface area contributed by atoms with Crippen molar-refractivity contribution in [3.05, 3.63) is 47.3 Å². The lowest BCUT2D eigenvalue weighted by molar-refractivity contribution is 0.0723. The highest BCUT2D eigenvalue weighted by Gasteiger charge is 2.25. The lowest BCUT2D eigenvalue weighted by atomic mass is 10.1. The molecule has 27 heavy (non-hydrogen) atoms. The number of aliphatic hydroxyl groups is 1. The number of likely N-dealkylation sites (tertiary alicyclic amines) is 1. The summed E-state index contributed by atoms with van der Waals surface area (Å²) in [5, 5.41) is 13.6. The van der Waals surface area contributed by atoms with Crippen LogP contribution >= 0.6 is 0 Å². The quantitative estimate of drug-likeness (QED) is 0.838. The predicted octanol–water partition coefficient (Wildman–Crippen LogP) is 2.47. The molecule has 0 aliphatic carbocycles. The van der Waals surface area contributed by atoms with Gasteiger partial charge in [-0.3, -0.25) is 9.69 Å². The molecule has 0 radical (unpaired) electrons. The molecule has 1 aliphatic heterocycles. The van der Waals surface area contributed by atoms with Crippen molar-refractivity contribution in [3.8, 4) is 5.75 Å². The number of benzene rings is 1. The van der Waals surface area contributed by atoms with Gasteiger partial charge >= 0.3 is 0 Å². The fourth-order valence-electron chi connectivity index (χ4n) is 3.36. The molecular formula is C20H27N3O4. The molecule has 0 bridgehead atoms. The Bertz CT molecular complexity index is 768. The number of methoxy groups -OCH3 is 1. The standard InChI is InChI=1S/C20H27N3O4/c1-14(17-6-4-5-7-19(17)26-3)22(2)20(25)18-12-16(27-21-18)13-23-10-8-15(24)9-11-23/h4-7,12,14-15,24H,8-11,13H2,1-3H3. The Kier molecular flexibility index (Phi) is 6.13. The molecule has 1 saturated heterocycles. The van der Waals surface area contributed by atoms with Crippen LogP contribution in [0.5, 0.6) is 5.75 Å². The summed E-state index contributed by atoms with van der Waals surface area (Å²) in [7, 11) is 3.37. The van der Waals surface area contributed by atoms with E-state index in [4.69, 9.17) is 9.26 Å². The molecule has 1 N–H and O–H groups in total. The first kappa shape index (κ1) is 19.4. The molecule has 1 aromatic carbocycles. The number of hydrogen-bond acceptors (Lipinski definition) is 6. The van der Waals surface area contributed by atoms with Crippen LogP contribution in [0.3, 0.4) is 0 Å². The summed E-state index contributed by atoms with van der Waals surface area (Å²) in [5.74, 6) is 1.21. The second kappa shape index (κ2) is 8.54. The largest absolute Gasteiger partial charge is 0.496 e. The molecule has 1 unspecified atom stereocenters. The first-order valence-electron chi connectivity index (χ1n) is 9.25. The van der Waals surface area contributed by atoms with Gasteiger partial charge in [0.1, 0.15) is 5.75 Å². The van der Waals surface area contributed by atoms with Crippen molar-refractivity contribution in [2.45, 2.75) is 38.5 Å². The van der Waals surface area contributed by atoms with Crippen LogP contribution in [0.15, 0.2) is 34.9 Å². The Labute approximate surface area is 159 Å². The molecule has 1 amide bonds. The zero-order chi connectivity index (χ0) is 19.4. The number of aromatic nitrogens is 1. The number of hydrogen-bond donors (Lipinski definition) is 1. The lowest BCUT2D eigenvalue weighted by Crippen LogP contribution is -2.35. The third kappa shape index (κ3) is 4.48. The van der Waals surface area contributed by atoms with E-state index < -0.39 is 0 Å². The van der Waals surface area contributed by atoms with Crippen molar-refractivity contribution in [1.82, 2.24) is 15.0 Å². The van der Waals surface area contributed by atoms with E-state index in [1.807, 2.05) is 31.2 Å². The summed E-state index contributed by atoms with van der Waals surface area (Å²) >= 11 is 0. The van der Waals surface area contributed by atoms with Gasteiger partial charge in [0, 0.05) is 31.8 Å². The van der Waals surface area contributed by atoms with Gasteiger partial charge in [0.05, 0.1) is 25.8 Å². The van der Waals surface area contributed by atoms with Crippen LogP contribution in [0.25, 0.3) is 0 Å². The number of para-hydroxylation sites is 1. The van der Waals surface area contributed by atoms with E-state index in [9.17, 15) is 9.90 Å². The van der Waals surface area contributed by atoms with Crippen molar-refractivity contribution in [2.24, 2.45) is 0 Å². The first-order chi connectivity index (χ1) is 13.0. The minimum atomic E-state index is -0.210. The second-order valence-corrected chi connectivity index (χ2v) is 7.02. The number of carbonyl (C=O) groups is 1. The van der Waals surface area contributed by atoms with Crippen LogP contribution in [0, 0.1) is 0 Å². The molecule has 1 aliphatic rings. The van der Waals surface area contributed by atoms with Gasteiger partial charge in [-0.2, -0.15) is 0 Å². The molecular weight excluding hydrogens is 346 g/mol. The maximum absolute atomic E-state index is 12.8. The molecule has 146 valence electrons. The Morgan fingerprint density at radius 3 is 2.81 bits per heavy atom. The van der Waals surface area contributed by atoms with Crippen LogP contribution < -0.4 is 4.74 Å². The molecule has 0 saturated carbocycles. The number of amides is 1. The molecule has 7 nitrogen and oxygen atoms in total. The summed E-state index contributed by atoms with van der Waals surface area (Å²) in [4.78, 5) is 16.7. The number of piperidine rings is 1. The zero-order valence-electron chi connectivity index (χ0n) is 16.1. The van der Waals surface area contributed by atoms with E-state index in [1.54, 1.807) is 25.1 Å². The molecule has 3 rings (SSSR count). The molecule has 1 aromatic heterocycles. The van der Waals surface area contributed by atoms with Gasteiger partial charge in [-0.1, -0.05) is 23.4 Å². The summed E-state index contributed by atoms with van der Waals surface area (Å²) in [6.07, 6.45) is 1.32. The fourth-order valence-corrected chi connectivity index (χ4v) is 3.36. The SMILES string of the molecule is COc1ccccc1C(C)N(C)C(=O)c1cc(CN2CCC(O)CC2)on1. The number of ether oxygens (including phenoxy) is 1. The van der Waals surface area contributed by atoms with Gasteiger partial charge in [-0.25, -0.2) is 0 Å². The molecule has 7 heteroatoms. The van der Waals surface area contributed by atoms with E-state index in [1.165, 1.54) is 0 Å². The van der Waals surface area contributed by atoms with E-state index in [-0.39, 0.29) is 18.1 Å². The van der Waals surface area contributed by atoms with Crippen LogP contribution in [0.4, 0.5) is 0 Å². The van der Waals surface area contributed by atoms with Crippen molar-refractivity contribution in [1.29, 1.82) is 0 Å². The highest BCUT2D eigenvalue weighted by molar-refractivity contribution is 5.92. The van der Waals surface area contributed by atoms with Crippen LogP contribution in [0.2, 0.25) is 0 Å². The van der Waals surface area contributed by atoms with Gasteiger partial charge in [-0.05, 0) is 25.8 Å². The Balaban J connectivity index is 1.66. The average molecular weight is 373 g/mol. The van der Waals surface area contributed by atoms with E-state index >= 15 is 0 Å². The van der Waals surface area contributed by atoms with E-state index in [0.717, 1.165) is 37.2 Å². The van der Waals surface area contributed by atoms with Gasteiger partial charge in [-0.15, -0.1) is 0 Å². The molecule has 1 atom stereocenters. The van der Waals surface area contributed by atoms with Crippen molar-refractivity contribution < 1.29 is 19.2 Å². The second-order valence-electron chi connectivity index (χ2n) is 7.02. The predicted molar refractivity (Wildman–Crippen MR) is 101 cm³/mol. The van der Waals surface area contributed by atoms with Crippen LogP contribution in [-0.4, -0.2) is 59.3 Å². The van der Waals surface area contributed by atoms with Crippen molar-refractivity contribution in [2.75, 3.05) is 27.2 Å². The average Bonchev–Trinajstić information content (AvgIpc) is 3.16. The third-order valence-corrected chi connectivity index (χ3v) is 5.20. The summed E-state index contributed by atoms with van der Waals surface area (Å²) in [6.45, 7) is 4.18. The fraction of sp³-hybridized carbons (Fsp3) is 0.500. The number of rotatable bonds is 6. The summed E-state index contributed by atoms with van der Waals surface area (Å²) < 4.78 is 10.8. The lowest BCUT2D eigenvalue weighted by Gasteiger charge is -2.28. The van der Waals surface area contributed by atoms with Crippen LogP contribution in [0.1, 0.15) is 47.6 Å². The van der Waals surface area contributed by atoms with E-state index in [0.29, 0.717) is 18.0 Å². The Morgan fingerprint density at radius 2 is 2.11 bits per heavy atom. The summed E-state index contributed by atoms with van der Waals surface area (Å²) in [5.41, 5.74) is 1.23. The zero-order valence-corrected chi connectivity index (χ0v) is 16.1. The number of carbonyl (C=O) groups excluding carboxylic acids is 1. The molecule has 1 fully saturated rings. The number of aliphatic hydroxyl groups excluding tert-OH is 1. The summed E-state index contributed by atoms with van der Waals surface area (Å²) in [6, 6.07) is 9.20. The van der Waals surface area contributed by atoms with Crippen molar-refractivity contribution in [3.63, 3.8) is 0 Å². The Hall–Kier alpha value is -2.38. The van der Waals surface area contributed by atoms with Crippen LogP contribution in [-0.2, 0) is 6.54 Å². The van der Waals surface area contributed by atoms with E-state index in [2.05, 4.69) is 10.1 Å². The maximum Gasteiger partial charge on any atom is 0.276 e.